The number of nitrogens with zero attached hydrogens (tertiary/aromatic N) is 2. The van der Waals surface area contributed by atoms with Gasteiger partial charge < -0.3 is 4.98 Å². The number of nitro groups is 1. The number of rotatable bonds is 4. The summed E-state index contributed by atoms with van der Waals surface area (Å²) in [7, 11) is 0. The van der Waals surface area contributed by atoms with Gasteiger partial charge in [-0.05, 0) is 24.3 Å². The molecule has 0 atom stereocenters. The average Bonchev–Trinajstić information content (AvgIpc) is 3.11. The van der Waals surface area contributed by atoms with E-state index < -0.39 is 4.92 Å². The second-order valence-corrected chi connectivity index (χ2v) is 5.55. The Kier molecular flexibility index (Phi) is 3.26. The molecule has 3 rings (SSSR count). The van der Waals surface area contributed by atoms with E-state index in [9.17, 15) is 14.9 Å². The molecule has 0 fully saturated rings. The zero-order chi connectivity index (χ0) is 15.0. The average molecular weight is 301 g/mol. The third-order valence-corrected chi connectivity index (χ3v) is 4.17. The molecule has 1 aromatic carbocycles. The first-order valence-corrected chi connectivity index (χ1v) is 7.17. The molecular formula is C14H11N3O3S. The standard InChI is InChI=1S/C14H11N3O3S/c1-2-11(18)8-3-4-9-10(7-8)16-14(15-9)12-5-6-13(21-12)17(19)20/h3-7H,2H2,1H3,(H,15,16). The van der Waals surface area contributed by atoms with Gasteiger partial charge in [0.25, 0.3) is 0 Å². The van der Waals surface area contributed by atoms with Crippen LogP contribution in [0, 0.1) is 10.1 Å². The van der Waals surface area contributed by atoms with E-state index in [1.165, 1.54) is 6.07 Å². The fourth-order valence-electron chi connectivity index (χ4n) is 2.06. The Bertz CT molecular complexity index is 850. The van der Waals surface area contributed by atoms with Crippen molar-refractivity contribution in [2.24, 2.45) is 0 Å². The maximum absolute atomic E-state index is 11.7. The van der Waals surface area contributed by atoms with E-state index in [1.807, 2.05) is 6.92 Å². The molecule has 0 radical (unpaired) electrons. The minimum Gasteiger partial charge on any atom is -0.337 e. The summed E-state index contributed by atoms with van der Waals surface area (Å²) in [4.78, 5) is 30.2. The molecule has 2 aromatic heterocycles. The minimum atomic E-state index is -0.422. The van der Waals surface area contributed by atoms with Crippen LogP contribution in [-0.2, 0) is 0 Å². The molecule has 1 N–H and O–H groups in total. The molecule has 0 spiro atoms. The van der Waals surface area contributed by atoms with Crippen LogP contribution in [0.1, 0.15) is 23.7 Å². The summed E-state index contributed by atoms with van der Waals surface area (Å²) in [6.07, 6.45) is 0.448. The van der Waals surface area contributed by atoms with E-state index in [-0.39, 0.29) is 10.8 Å². The Morgan fingerprint density at radius 3 is 2.86 bits per heavy atom. The van der Waals surface area contributed by atoms with Gasteiger partial charge in [0.15, 0.2) is 5.78 Å². The van der Waals surface area contributed by atoms with Gasteiger partial charge in [-0.1, -0.05) is 18.3 Å². The van der Waals surface area contributed by atoms with Crippen LogP contribution in [0.2, 0.25) is 0 Å². The molecule has 106 valence electrons. The summed E-state index contributed by atoms with van der Waals surface area (Å²) in [5.74, 6) is 0.643. The van der Waals surface area contributed by atoms with Gasteiger partial charge in [-0.25, -0.2) is 4.98 Å². The number of benzene rings is 1. The summed E-state index contributed by atoms with van der Waals surface area (Å²) in [6, 6.07) is 8.41. The Hall–Kier alpha value is -2.54. The second kappa shape index (κ2) is 5.10. The highest BCUT2D eigenvalue weighted by molar-refractivity contribution is 7.18. The van der Waals surface area contributed by atoms with Crippen LogP contribution in [0.4, 0.5) is 5.00 Å². The molecule has 7 heteroatoms. The molecule has 0 bridgehead atoms. The summed E-state index contributed by atoms with van der Waals surface area (Å²) < 4.78 is 0. The van der Waals surface area contributed by atoms with Gasteiger partial charge in [0, 0.05) is 18.1 Å². The Morgan fingerprint density at radius 1 is 1.38 bits per heavy atom. The first kappa shape index (κ1) is 13.4. The van der Waals surface area contributed by atoms with Crippen molar-refractivity contribution in [3.63, 3.8) is 0 Å². The third-order valence-electron chi connectivity index (χ3n) is 3.13. The number of ketones is 1. The number of aromatic nitrogens is 2. The van der Waals surface area contributed by atoms with E-state index in [0.29, 0.717) is 22.7 Å². The maximum atomic E-state index is 11.7. The van der Waals surface area contributed by atoms with Crippen LogP contribution in [0.25, 0.3) is 21.7 Å². The first-order chi connectivity index (χ1) is 10.1. The van der Waals surface area contributed by atoms with E-state index in [0.717, 1.165) is 22.4 Å². The van der Waals surface area contributed by atoms with Gasteiger partial charge in [-0.2, -0.15) is 0 Å². The third kappa shape index (κ3) is 2.43. The van der Waals surface area contributed by atoms with Crippen LogP contribution in [0.5, 0.6) is 0 Å². The molecule has 0 amide bonds. The van der Waals surface area contributed by atoms with Crippen molar-refractivity contribution in [3.8, 4) is 10.7 Å². The summed E-state index contributed by atoms with van der Waals surface area (Å²) in [5, 5.41) is 10.8. The van der Waals surface area contributed by atoms with E-state index >= 15 is 0 Å². The van der Waals surface area contributed by atoms with Crippen molar-refractivity contribution in [2.45, 2.75) is 13.3 Å². The van der Waals surface area contributed by atoms with E-state index in [2.05, 4.69) is 9.97 Å². The number of imidazole rings is 1. The number of carbonyl (C=O) groups excluding carboxylic acids is 1. The normalized spacial score (nSPS) is 10.9. The predicted octanol–water partition coefficient (Wildman–Crippen LogP) is 3.79. The summed E-state index contributed by atoms with van der Waals surface area (Å²) in [6.45, 7) is 1.82. The number of nitrogens with one attached hydrogen (secondary N) is 1. The van der Waals surface area contributed by atoms with Gasteiger partial charge in [-0.3, -0.25) is 14.9 Å². The molecule has 2 heterocycles. The lowest BCUT2D eigenvalue weighted by Gasteiger charge is -1.96. The zero-order valence-corrected chi connectivity index (χ0v) is 11.9. The topological polar surface area (TPSA) is 88.9 Å². The molecule has 0 unspecified atom stereocenters. The lowest BCUT2D eigenvalue weighted by molar-refractivity contribution is -0.380. The Balaban J connectivity index is 2.03. The smallest absolute Gasteiger partial charge is 0.324 e. The lowest BCUT2D eigenvalue weighted by atomic mass is 10.1. The van der Waals surface area contributed by atoms with Crippen molar-refractivity contribution in [1.82, 2.24) is 9.97 Å². The van der Waals surface area contributed by atoms with E-state index in [4.69, 9.17) is 0 Å². The molecule has 21 heavy (non-hydrogen) atoms. The molecule has 0 saturated carbocycles. The van der Waals surface area contributed by atoms with Crippen molar-refractivity contribution >= 4 is 33.2 Å². The number of aromatic amines is 1. The molecule has 0 aliphatic heterocycles. The molecular weight excluding hydrogens is 290 g/mol. The molecule has 0 saturated heterocycles. The maximum Gasteiger partial charge on any atom is 0.324 e. The number of fused-ring (bicyclic) bond motifs is 1. The monoisotopic (exact) mass is 301 g/mol. The molecule has 0 aliphatic carbocycles. The Morgan fingerprint density at radius 2 is 2.19 bits per heavy atom. The first-order valence-electron chi connectivity index (χ1n) is 6.36. The quantitative estimate of drug-likeness (QED) is 0.451. The molecule has 6 nitrogen and oxygen atoms in total. The van der Waals surface area contributed by atoms with Gasteiger partial charge in [0.05, 0.1) is 20.8 Å². The number of carbonyl (C=O) groups is 1. The highest BCUT2D eigenvalue weighted by Gasteiger charge is 2.14. The van der Waals surface area contributed by atoms with Crippen LogP contribution < -0.4 is 0 Å². The van der Waals surface area contributed by atoms with Gasteiger partial charge >= 0.3 is 5.00 Å². The van der Waals surface area contributed by atoms with Crippen LogP contribution in [0.15, 0.2) is 30.3 Å². The highest BCUT2D eigenvalue weighted by atomic mass is 32.1. The number of thiophene rings is 1. The van der Waals surface area contributed by atoms with Crippen LogP contribution in [-0.4, -0.2) is 20.7 Å². The van der Waals surface area contributed by atoms with Crippen molar-refractivity contribution in [1.29, 1.82) is 0 Å². The van der Waals surface area contributed by atoms with E-state index in [1.54, 1.807) is 24.3 Å². The van der Waals surface area contributed by atoms with Crippen molar-refractivity contribution < 1.29 is 9.72 Å². The molecule has 3 aromatic rings. The molecule has 0 aliphatic rings. The van der Waals surface area contributed by atoms with Crippen molar-refractivity contribution in [2.75, 3.05) is 0 Å². The second-order valence-electron chi connectivity index (χ2n) is 4.49. The zero-order valence-electron chi connectivity index (χ0n) is 11.1. The highest BCUT2D eigenvalue weighted by Crippen LogP contribution is 2.32. The summed E-state index contributed by atoms with van der Waals surface area (Å²) in [5.41, 5.74) is 2.12. The lowest BCUT2D eigenvalue weighted by Crippen LogP contribution is -1.95. The van der Waals surface area contributed by atoms with Crippen molar-refractivity contribution in [3.05, 3.63) is 46.0 Å². The number of hydrogen-bond donors (Lipinski definition) is 1. The fourth-order valence-corrected chi connectivity index (χ4v) is 2.82. The summed E-state index contributed by atoms with van der Waals surface area (Å²) >= 11 is 1.06. The number of Topliss-reactive ketones (excluding diaryl/α,β-unsaturated/α-hetero) is 1. The predicted molar refractivity (Wildman–Crippen MR) is 80.7 cm³/mol. The van der Waals surface area contributed by atoms with Gasteiger partial charge in [-0.15, -0.1) is 0 Å². The largest absolute Gasteiger partial charge is 0.337 e. The fraction of sp³-hybridized carbons (Fsp3) is 0.143. The van der Waals surface area contributed by atoms with Crippen LogP contribution in [0.3, 0.4) is 0 Å². The SMILES string of the molecule is CCC(=O)c1ccc2nc(-c3ccc([N+](=O)[O-])s3)[nH]c2c1. The Labute approximate surface area is 123 Å². The number of hydrogen-bond acceptors (Lipinski definition) is 5. The minimum absolute atomic E-state index is 0.0693. The number of H-pyrrole nitrogens is 1. The van der Waals surface area contributed by atoms with Gasteiger partial charge in [0.2, 0.25) is 0 Å². The van der Waals surface area contributed by atoms with Crippen LogP contribution >= 0.6 is 11.3 Å². The van der Waals surface area contributed by atoms with Gasteiger partial charge in [0.1, 0.15) is 5.82 Å².